The maximum Gasteiger partial charge on any atom is 0.319 e. The predicted molar refractivity (Wildman–Crippen MR) is 89.9 cm³/mol. The van der Waals surface area contributed by atoms with Crippen LogP contribution in [-0.4, -0.2) is 47.4 Å². The molecule has 22 heavy (non-hydrogen) atoms. The predicted octanol–water partition coefficient (Wildman–Crippen LogP) is 1.20. The minimum Gasteiger partial charge on any atom is -0.378 e. The second kappa shape index (κ2) is 8.60. The highest BCUT2D eigenvalue weighted by Gasteiger charge is 2.05. The molecule has 7 nitrogen and oxygen atoms in total. The number of sulfonamides is 1. The van der Waals surface area contributed by atoms with Gasteiger partial charge in [0.25, 0.3) is 0 Å². The van der Waals surface area contributed by atoms with Gasteiger partial charge in [-0.05, 0) is 37.6 Å². The van der Waals surface area contributed by atoms with E-state index in [1.807, 2.05) is 43.3 Å². The number of urea groups is 1. The van der Waals surface area contributed by atoms with Crippen molar-refractivity contribution in [3.05, 3.63) is 24.3 Å². The Balaban J connectivity index is 2.26. The number of anilines is 2. The summed E-state index contributed by atoms with van der Waals surface area (Å²) in [7, 11) is 0.730. The van der Waals surface area contributed by atoms with Gasteiger partial charge in [0.15, 0.2) is 0 Å². The molecule has 3 N–H and O–H groups in total. The summed E-state index contributed by atoms with van der Waals surface area (Å²) in [5.41, 5.74) is 1.75. The summed E-state index contributed by atoms with van der Waals surface area (Å²) in [5, 5.41) is 5.40. The Morgan fingerprint density at radius 2 is 1.77 bits per heavy atom. The summed E-state index contributed by atoms with van der Waals surface area (Å²) in [6, 6.07) is 7.16. The van der Waals surface area contributed by atoms with Crippen LogP contribution in [0.3, 0.4) is 0 Å². The Bertz CT molecular complexity index is 570. The molecule has 2 amide bonds. The van der Waals surface area contributed by atoms with E-state index in [4.69, 9.17) is 0 Å². The maximum absolute atomic E-state index is 11.7. The summed E-state index contributed by atoms with van der Waals surface area (Å²) in [6.45, 7) is 2.29. The molecule has 0 bridgehead atoms. The molecule has 1 aromatic rings. The van der Waals surface area contributed by atoms with Crippen molar-refractivity contribution in [1.82, 2.24) is 10.0 Å². The number of nitrogens with zero attached hydrogens (tertiary/aromatic N) is 1. The van der Waals surface area contributed by atoms with Gasteiger partial charge in [-0.25, -0.2) is 17.9 Å². The molecule has 0 radical (unpaired) electrons. The molecule has 0 saturated carbocycles. The van der Waals surface area contributed by atoms with Crippen molar-refractivity contribution in [2.75, 3.05) is 43.2 Å². The first-order chi connectivity index (χ1) is 10.3. The molecule has 124 valence electrons. The normalized spacial score (nSPS) is 11.0. The molecule has 0 aliphatic rings. The van der Waals surface area contributed by atoms with Gasteiger partial charge in [0.2, 0.25) is 10.0 Å². The lowest BCUT2D eigenvalue weighted by molar-refractivity contribution is 0.252. The van der Waals surface area contributed by atoms with Crippen LogP contribution in [0.15, 0.2) is 24.3 Å². The van der Waals surface area contributed by atoms with E-state index >= 15 is 0 Å². The Hall–Kier alpha value is -1.80. The van der Waals surface area contributed by atoms with Gasteiger partial charge < -0.3 is 15.5 Å². The zero-order valence-corrected chi connectivity index (χ0v) is 14.0. The molecule has 0 aromatic heterocycles. The lowest BCUT2D eigenvalue weighted by atomic mass is 10.2. The van der Waals surface area contributed by atoms with Gasteiger partial charge in [0, 0.05) is 38.6 Å². The fraction of sp³-hybridized carbons (Fsp3) is 0.500. The van der Waals surface area contributed by atoms with Crippen molar-refractivity contribution in [3.8, 4) is 0 Å². The van der Waals surface area contributed by atoms with Crippen LogP contribution < -0.4 is 20.3 Å². The molecule has 0 aliphatic heterocycles. The fourth-order valence-corrected chi connectivity index (χ4v) is 2.30. The molecule has 0 aliphatic carbocycles. The molecular formula is C14H24N4O3S. The monoisotopic (exact) mass is 328 g/mol. The van der Waals surface area contributed by atoms with Crippen LogP contribution in [0.4, 0.5) is 16.2 Å². The van der Waals surface area contributed by atoms with Crippen LogP contribution in [0.25, 0.3) is 0 Å². The van der Waals surface area contributed by atoms with E-state index in [1.165, 1.54) is 0 Å². The third kappa shape index (κ3) is 6.77. The lowest BCUT2D eigenvalue weighted by Crippen LogP contribution is -2.32. The highest BCUT2D eigenvalue weighted by atomic mass is 32.2. The average molecular weight is 328 g/mol. The Kier molecular flexibility index (Phi) is 7.13. The Labute approximate surface area is 132 Å². The zero-order valence-electron chi connectivity index (χ0n) is 13.2. The second-order valence-corrected chi connectivity index (χ2v) is 7.07. The molecular weight excluding hydrogens is 304 g/mol. The highest BCUT2D eigenvalue weighted by molar-refractivity contribution is 7.89. The van der Waals surface area contributed by atoms with Gasteiger partial charge in [-0.2, -0.15) is 0 Å². The van der Waals surface area contributed by atoms with Crippen molar-refractivity contribution >= 4 is 27.4 Å². The minimum absolute atomic E-state index is 0.0594. The molecule has 1 aromatic carbocycles. The topological polar surface area (TPSA) is 90.5 Å². The average Bonchev–Trinajstić information content (AvgIpc) is 2.47. The molecule has 0 atom stereocenters. The van der Waals surface area contributed by atoms with Crippen LogP contribution in [0.2, 0.25) is 0 Å². The molecule has 8 heteroatoms. The van der Waals surface area contributed by atoms with E-state index in [0.29, 0.717) is 25.2 Å². The number of carbonyl (C=O) groups is 1. The number of amides is 2. The Morgan fingerprint density at radius 3 is 2.32 bits per heavy atom. The van der Waals surface area contributed by atoms with Crippen molar-refractivity contribution in [3.63, 3.8) is 0 Å². The first-order valence-electron chi connectivity index (χ1n) is 7.13. The van der Waals surface area contributed by atoms with Crippen LogP contribution in [0.5, 0.6) is 0 Å². The molecule has 1 rings (SSSR count). The van der Waals surface area contributed by atoms with Gasteiger partial charge >= 0.3 is 6.03 Å². The smallest absolute Gasteiger partial charge is 0.319 e. The van der Waals surface area contributed by atoms with Gasteiger partial charge in [0.05, 0.1) is 5.75 Å². The number of benzene rings is 1. The van der Waals surface area contributed by atoms with Gasteiger partial charge in [-0.1, -0.05) is 0 Å². The summed E-state index contributed by atoms with van der Waals surface area (Å²) in [5.74, 6) is 0.0594. The van der Waals surface area contributed by atoms with E-state index in [9.17, 15) is 13.2 Å². The standard InChI is InChI=1S/C14H24N4O3S/c1-4-22(20,21)16-11-5-10-15-14(19)17-12-6-8-13(9-7-12)18(2)3/h6-9,16H,4-5,10-11H2,1-3H3,(H2,15,17,19). The van der Waals surface area contributed by atoms with Crippen molar-refractivity contribution in [2.45, 2.75) is 13.3 Å². The Morgan fingerprint density at radius 1 is 1.14 bits per heavy atom. The highest BCUT2D eigenvalue weighted by Crippen LogP contribution is 2.15. The third-order valence-corrected chi connectivity index (χ3v) is 4.39. The van der Waals surface area contributed by atoms with Crippen LogP contribution in [0.1, 0.15) is 13.3 Å². The molecule has 0 unspecified atom stereocenters. The van der Waals surface area contributed by atoms with Crippen LogP contribution in [0, 0.1) is 0 Å². The van der Waals surface area contributed by atoms with E-state index in [2.05, 4.69) is 15.4 Å². The first kappa shape index (κ1) is 18.2. The first-order valence-corrected chi connectivity index (χ1v) is 8.79. The van der Waals surface area contributed by atoms with Crippen LogP contribution in [-0.2, 0) is 10.0 Å². The number of carbonyl (C=O) groups excluding carboxylic acids is 1. The molecule has 0 heterocycles. The third-order valence-electron chi connectivity index (χ3n) is 2.98. The minimum atomic E-state index is -3.16. The van der Waals surface area contributed by atoms with Crippen molar-refractivity contribution in [1.29, 1.82) is 0 Å². The zero-order chi connectivity index (χ0) is 16.6. The number of hydrogen-bond acceptors (Lipinski definition) is 4. The van der Waals surface area contributed by atoms with Crippen LogP contribution >= 0.6 is 0 Å². The van der Waals surface area contributed by atoms with E-state index in [-0.39, 0.29) is 11.8 Å². The quantitative estimate of drug-likeness (QED) is 0.626. The molecule has 0 saturated heterocycles. The molecule has 0 spiro atoms. The van der Waals surface area contributed by atoms with Gasteiger partial charge in [0.1, 0.15) is 0 Å². The maximum atomic E-state index is 11.7. The van der Waals surface area contributed by atoms with Crippen molar-refractivity contribution in [2.24, 2.45) is 0 Å². The number of rotatable bonds is 8. The van der Waals surface area contributed by atoms with E-state index < -0.39 is 10.0 Å². The summed E-state index contributed by atoms with van der Waals surface area (Å²) in [4.78, 5) is 13.6. The van der Waals surface area contributed by atoms with Gasteiger partial charge in [-0.3, -0.25) is 0 Å². The number of nitrogens with one attached hydrogen (secondary N) is 3. The summed E-state index contributed by atoms with van der Waals surface area (Å²) in [6.07, 6.45) is 0.534. The summed E-state index contributed by atoms with van der Waals surface area (Å²) < 4.78 is 24.8. The largest absolute Gasteiger partial charge is 0.378 e. The summed E-state index contributed by atoms with van der Waals surface area (Å²) >= 11 is 0. The van der Waals surface area contributed by atoms with E-state index in [0.717, 1.165) is 5.69 Å². The van der Waals surface area contributed by atoms with Gasteiger partial charge in [-0.15, -0.1) is 0 Å². The second-order valence-electron chi connectivity index (χ2n) is 4.97. The molecule has 0 fully saturated rings. The number of hydrogen-bond donors (Lipinski definition) is 3. The van der Waals surface area contributed by atoms with E-state index in [1.54, 1.807) is 6.92 Å². The SMILES string of the molecule is CCS(=O)(=O)NCCCNC(=O)Nc1ccc(N(C)C)cc1. The van der Waals surface area contributed by atoms with Crippen molar-refractivity contribution < 1.29 is 13.2 Å². The fourth-order valence-electron chi connectivity index (χ4n) is 1.64. The lowest BCUT2D eigenvalue weighted by Gasteiger charge is -2.13.